The van der Waals surface area contributed by atoms with E-state index in [-0.39, 0.29) is 17.0 Å². The van der Waals surface area contributed by atoms with Gasteiger partial charge in [-0.15, -0.1) is 11.3 Å². The van der Waals surface area contributed by atoms with E-state index in [1.807, 2.05) is 0 Å². The summed E-state index contributed by atoms with van der Waals surface area (Å²) in [4.78, 5) is 32.2. The van der Waals surface area contributed by atoms with Gasteiger partial charge < -0.3 is 10.1 Å². The summed E-state index contributed by atoms with van der Waals surface area (Å²) in [6.07, 6.45) is 6.20. The average molecular weight is 383 g/mol. The van der Waals surface area contributed by atoms with Crippen LogP contribution in [0.15, 0.2) is 23.0 Å². The molecular weight excluding hydrogens is 366 g/mol. The van der Waals surface area contributed by atoms with E-state index in [2.05, 4.69) is 16.9 Å². The van der Waals surface area contributed by atoms with Crippen LogP contribution in [-0.2, 0) is 12.8 Å². The van der Waals surface area contributed by atoms with E-state index in [4.69, 9.17) is 0 Å². The van der Waals surface area contributed by atoms with Crippen molar-refractivity contribution in [3.05, 3.63) is 60.5 Å². The summed E-state index contributed by atoms with van der Waals surface area (Å²) < 4.78 is 0. The van der Waals surface area contributed by atoms with Crippen LogP contribution in [0.25, 0.3) is 22.4 Å². The number of aromatic nitrogens is 2. The Bertz CT molecular complexity index is 1150. The van der Waals surface area contributed by atoms with E-state index in [1.165, 1.54) is 17.0 Å². The first-order valence-corrected chi connectivity index (χ1v) is 9.44. The predicted octanol–water partition coefficient (Wildman–Crippen LogP) is 3.89. The lowest BCUT2D eigenvalue weighted by Crippen LogP contribution is -2.13. The number of benzene rings is 1. The lowest BCUT2D eigenvalue weighted by atomic mass is 9.89. The molecule has 8 heteroatoms. The SMILES string of the molecule is C[C@H]1CCc2c(sc3nc(/C=C/c4ccc(O)c([N+](=O)[O-])c4)[nH]c(=O)c23)C1. The predicted molar refractivity (Wildman–Crippen MR) is 105 cm³/mol. The zero-order valence-electron chi connectivity index (χ0n) is 14.6. The highest BCUT2D eigenvalue weighted by molar-refractivity contribution is 7.18. The van der Waals surface area contributed by atoms with Crippen molar-refractivity contribution in [1.29, 1.82) is 0 Å². The normalized spacial score (nSPS) is 16.7. The van der Waals surface area contributed by atoms with Crippen LogP contribution < -0.4 is 5.56 Å². The number of rotatable bonds is 3. The van der Waals surface area contributed by atoms with Crippen molar-refractivity contribution in [3.63, 3.8) is 0 Å². The Hall–Kier alpha value is -3.00. The number of phenols is 1. The molecule has 0 aliphatic heterocycles. The molecular formula is C19H17N3O4S. The van der Waals surface area contributed by atoms with Gasteiger partial charge in [-0.2, -0.15) is 0 Å². The second-order valence-electron chi connectivity index (χ2n) is 6.82. The van der Waals surface area contributed by atoms with Gasteiger partial charge in [-0.25, -0.2) is 4.98 Å². The Morgan fingerprint density at radius 3 is 3.00 bits per heavy atom. The first kappa shape index (κ1) is 17.4. The second-order valence-corrected chi connectivity index (χ2v) is 7.91. The number of aromatic hydroxyl groups is 1. The fourth-order valence-corrected chi connectivity index (χ4v) is 4.80. The maximum Gasteiger partial charge on any atom is 0.311 e. The summed E-state index contributed by atoms with van der Waals surface area (Å²) in [5, 5.41) is 21.1. The molecule has 138 valence electrons. The second kappa shape index (κ2) is 6.62. The lowest BCUT2D eigenvalue weighted by Gasteiger charge is -2.17. The van der Waals surface area contributed by atoms with Crippen LogP contribution in [-0.4, -0.2) is 20.0 Å². The van der Waals surface area contributed by atoms with Gasteiger partial charge in [0.15, 0.2) is 5.75 Å². The van der Waals surface area contributed by atoms with Crippen molar-refractivity contribution in [2.75, 3.05) is 0 Å². The summed E-state index contributed by atoms with van der Waals surface area (Å²) in [5.41, 5.74) is 1.14. The summed E-state index contributed by atoms with van der Waals surface area (Å²) in [5.74, 6) is 0.632. The van der Waals surface area contributed by atoms with Crippen LogP contribution in [0.3, 0.4) is 0 Å². The number of nitrogens with one attached hydrogen (secondary N) is 1. The minimum Gasteiger partial charge on any atom is -0.502 e. The standard InChI is InChI=1S/C19H17N3O4S/c1-10-2-5-12-15(8-10)27-19-17(12)18(24)20-16(21-19)7-4-11-3-6-14(23)13(9-11)22(25)26/h3-4,6-7,9-10,23H,2,5,8H2,1H3,(H,20,21,24)/b7-4+/t10-/m0/s1. The van der Waals surface area contributed by atoms with Crippen molar-refractivity contribution >= 4 is 39.4 Å². The molecule has 0 saturated heterocycles. The van der Waals surface area contributed by atoms with Crippen molar-refractivity contribution in [2.45, 2.75) is 26.2 Å². The van der Waals surface area contributed by atoms with Crippen LogP contribution in [0, 0.1) is 16.0 Å². The van der Waals surface area contributed by atoms with E-state index in [9.17, 15) is 20.0 Å². The number of hydrogen-bond donors (Lipinski definition) is 2. The first-order valence-electron chi connectivity index (χ1n) is 8.62. The van der Waals surface area contributed by atoms with Crippen LogP contribution in [0.5, 0.6) is 5.75 Å². The van der Waals surface area contributed by atoms with E-state index in [0.29, 0.717) is 22.7 Å². The Labute approximate surface area is 158 Å². The molecule has 7 nitrogen and oxygen atoms in total. The number of nitro benzene ring substituents is 1. The highest BCUT2D eigenvalue weighted by Gasteiger charge is 2.22. The Kier molecular flexibility index (Phi) is 4.27. The molecule has 3 aromatic rings. The Morgan fingerprint density at radius 1 is 1.41 bits per heavy atom. The summed E-state index contributed by atoms with van der Waals surface area (Å²) >= 11 is 1.57. The number of phenolic OH excluding ortho intramolecular Hbond substituents is 1. The number of nitro groups is 1. The molecule has 27 heavy (non-hydrogen) atoms. The zero-order chi connectivity index (χ0) is 19.1. The molecule has 1 aliphatic carbocycles. The number of thiophene rings is 1. The van der Waals surface area contributed by atoms with E-state index in [1.54, 1.807) is 29.6 Å². The van der Waals surface area contributed by atoms with Crippen molar-refractivity contribution < 1.29 is 10.0 Å². The molecule has 4 rings (SSSR count). The molecule has 2 heterocycles. The van der Waals surface area contributed by atoms with Gasteiger partial charge in [-0.3, -0.25) is 14.9 Å². The van der Waals surface area contributed by atoms with Gasteiger partial charge >= 0.3 is 5.69 Å². The molecule has 0 fully saturated rings. The Morgan fingerprint density at radius 2 is 2.22 bits per heavy atom. The number of aromatic amines is 1. The van der Waals surface area contributed by atoms with E-state index < -0.39 is 4.92 Å². The summed E-state index contributed by atoms with van der Waals surface area (Å²) in [6.45, 7) is 2.22. The monoisotopic (exact) mass is 383 g/mol. The van der Waals surface area contributed by atoms with Gasteiger partial charge in [0.2, 0.25) is 0 Å². The van der Waals surface area contributed by atoms with Gasteiger partial charge in [-0.05, 0) is 48.4 Å². The van der Waals surface area contributed by atoms with E-state index >= 15 is 0 Å². The highest BCUT2D eigenvalue weighted by Crippen LogP contribution is 2.35. The molecule has 0 amide bonds. The quantitative estimate of drug-likeness (QED) is 0.527. The molecule has 2 aromatic heterocycles. The lowest BCUT2D eigenvalue weighted by molar-refractivity contribution is -0.385. The number of fused-ring (bicyclic) bond motifs is 3. The van der Waals surface area contributed by atoms with Crippen molar-refractivity contribution in [2.24, 2.45) is 5.92 Å². The van der Waals surface area contributed by atoms with Gasteiger partial charge in [0.05, 0.1) is 10.3 Å². The van der Waals surface area contributed by atoms with Gasteiger partial charge in [0.25, 0.3) is 5.56 Å². The van der Waals surface area contributed by atoms with Gasteiger partial charge in [0, 0.05) is 10.9 Å². The summed E-state index contributed by atoms with van der Waals surface area (Å²) in [7, 11) is 0. The molecule has 0 spiro atoms. The number of aryl methyl sites for hydroxylation is 1. The molecule has 1 atom stereocenters. The van der Waals surface area contributed by atoms with Crippen LogP contribution in [0.4, 0.5) is 5.69 Å². The van der Waals surface area contributed by atoms with Crippen LogP contribution in [0.1, 0.15) is 35.2 Å². The molecule has 0 unspecified atom stereocenters. The fourth-order valence-electron chi connectivity index (χ4n) is 3.41. The third-order valence-electron chi connectivity index (χ3n) is 4.81. The third kappa shape index (κ3) is 3.23. The maximum absolute atomic E-state index is 12.6. The van der Waals surface area contributed by atoms with Crippen LogP contribution >= 0.6 is 11.3 Å². The number of H-pyrrole nitrogens is 1. The van der Waals surface area contributed by atoms with E-state index in [0.717, 1.165) is 29.7 Å². The summed E-state index contributed by atoms with van der Waals surface area (Å²) in [6, 6.07) is 4.10. The molecule has 1 aliphatic rings. The molecule has 0 saturated carbocycles. The van der Waals surface area contributed by atoms with Gasteiger partial charge in [0.1, 0.15) is 10.7 Å². The molecule has 2 N–H and O–H groups in total. The molecule has 0 bridgehead atoms. The average Bonchev–Trinajstić information content (AvgIpc) is 2.98. The molecule has 0 radical (unpaired) electrons. The van der Waals surface area contributed by atoms with Gasteiger partial charge in [-0.1, -0.05) is 19.1 Å². The number of hydrogen-bond acceptors (Lipinski definition) is 6. The maximum atomic E-state index is 12.6. The third-order valence-corrected chi connectivity index (χ3v) is 5.96. The zero-order valence-corrected chi connectivity index (χ0v) is 15.4. The van der Waals surface area contributed by atoms with Crippen molar-refractivity contribution in [3.8, 4) is 5.75 Å². The Balaban J connectivity index is 1.71. The minimum atomic E-state index is -0.643. The number of nitrogens with zero attached hydrogens (tertiary/aromatic N) is 2. The fraction of sp³-hybridized carbons (Fsp3) is 0.263. The highest BCUT2D eigenvalue weighted by atomic mass is 32.1. The smallest absolute Gasteiger partial charge is 0.311 e. The van der Waals surface area contributed by atoms with Crippen LogP contribution in [0.2, 0.25) is 0 Å². The largest absolute Gasteiger partial charge is 0.502 e. The molecule has 1 aromatic carbocycles. The minimum absolute atomic E-state index is 0.150. The first-order chi connectivity index (χ1) is 12.9. The topological polar surface area (TPSA) is 109 Å². The van der Waals surface area contributed by atoms with Crippen molar-refractivity contribution in [1.82, 2.24) is 9.97 Å².